The molecular weight excluding hydrogens is 284 g/mol. The number of sulfonamides is 1. The van der Waals surface area contributed by atoms with Gasteiger partial charge >= 0.3 is 0 Å². The number of aromatic nitrogens is 1. The van der Waals surface area contributed by atoms with Crippen molar-refractivity contribution in [3.63, 3.8) is 0 Å². The molecule has 0 spiro atoms. The standard InChI is InChI=1S/C13H21ClN2O2S/c1-12(2)16(10-3-7-14)19(17,18)11-6-13-4-8-15-9-5-13/h4-5,8-9,12H,3,6-7,10-11H2,1-2H3. The predicted octanol–water partition coefficient (Wildman–Crippen LogP) is 2.29. The van der Waals surface area contributed by atoms with Gasteiger partial charge < -0.3 is 0 Å². The van der Waals surface area contributed by atoms with Crippen LogP contribution in [-0.4, -0.2) is 41.9 Å². The molecule has 1 rings (SSSR count). The summed E-state index contributed by atoms with van der Waals surface area (Å²) in [7, 11) is -3.24. The fourth-order valence-corrected chi connectivity index (χ4v) is 3.74. The molecule has 0 aliphatic carbocycles. The average molecular weight is 305 g/mol. The van der Waals surface area contributed by atoms with Gasteiger partial charge in [0.05, 0.1) is 5.75 Å². The molecule has 0 amide bonds. The van der Waals surface area contributed by atoms with Crippen LogP contribution in [0.1, 0.15) is 25.8 Å². The maximum atomic E-state index is 12.3. The van der Waals surface area contributed by atoms with Gasteiger partial charge in [-0.15, -0.1) is 11.6 Å². The third-order valence-corrected chi connectivity index (χ3v) is 5.15. The Kier molecular flexibility index (Phi) is 6.75. The Morgan fingerprint density at radius 2 is 1.95 bits per heavy atom. The van der Waals surface area contributed by atoms with Crippen LogP contribution in [0.2, 0.25) is 0 Å². The maximum absolute atomic E-state index is 12.3. The SMILES string of the molecule is CC(C)N(CCCCl)S(=O)(=O)CCc1ccncc1. The van der Waals surface area contributed by atoms with Crippen LogP contribution in [0.15, 0.2) is 24.5 Å². The molecule has 0 aliphatic heterocycles. The molecule has 0 radical (unpaired) electrons. The first-order valence-corrected chi connectivity index (χ1v) is 8.56. The largest absolute Gasteiger partial charge is 0.265 e. The smallest absolute Gasteiger partial charge is 0.214 e. The minimum Gasteiger partial charge on any atom is -0.265 e. The van der Waals surface area contributed by atoms with E-state index in [1.165, 1.54) is 4.31 Å². The Labute approximate surface area is 120 Å². The van der Waals surface area contributed by atoms with Crippen molar-refractivity contribution in [3.05, 3.63) is 30.1 Å². The highest BCUT2D eigenvalue weighted by atomic mass is 35.5. The van der Waals surface area contributed by atoms with E-state index in [9.17, 15) is 8.42 Å². The molecule has 0 aliphatic rings. The van der Waals surface area contributed by atoms with Gasteiger partial charge in [0.2, 0.25) is 10.0 Å². The molecule has 108 valence electrons. The summed E-state index contributed by atoms with van der Waals surface area (Å²) >= 11 is 5.64. The fraction of sp³-hybridized carbons (Fsp3) is 0.615. The fourth-order valence-electron chi connectivity index (χ4n) is 1.85. The van der Waals surface area contributed by atoms with Gasteiger partial charge in [0, 0.05) is 30.9 Å². The summed E-state index contributed by atoms with van der Waals surface area (Å²) in [5, 5.41) is 0. The van der Waals surface area contributed by atoms with E-state index in [-0.39, 0.29) is 11.8 Å². The van der Waals surface area contributed by atoms with Gasteiger partial charge in [-0.25, -0.2) is 8.42 Å². The predicted molar refractivity (Wildman–Crippen MR) is 78.9 cm³/mol. The van der Waals surface area contributed by atoms with Crippen LogP contribution in [0.5, 0.6) is 0 Å². The summed E-state index contributed by atoms with van der Waals surface area (Å²) in [6, 6.07) is 3.65. The zero-order valence-corrected chi connectivity index (χ0v) is 13.0. The van der Waals surface area contributed by atoms with E-state index in [1.807, 2.05) is 26.0 Å². The first-order chi connectivity index (χ1) is 8.97. The Morgan fingerprint density at radius 1 is 1.32 bits per heavy atom. The lowest BCUT2D eigenvalue weighted by Crippen LogP contribution is -2.39. The third-order valence-electron chi connectivity index (χ3n) is 2.84. The number of halogens is 1. The number of pyridine rings is 1. The van der Waals surface area contributed by atoms with Gasteiger partial charge in [0.15, 0.2) is 0 Å². The molecule has 0 saturated heterocycles. The van der Waals surface area contributed by atoms with E-state index in [2.05, 4.69) is 4.98 Å². The highest BCUT2D eigenvalue weighted by molar-refractivity contribution is 7.89. The lowest BCUT2D eigenvalue weighted by molar-refractivity contribution is 0.354. The number of hydrogen-bond acceptors (Lipinski definition) is 3. The van der Waals surface area contributed by atoms with Crippen LogP contribution < -0.4 is 0 Å². The zero-order valence-electron chi connectivity index (χ0n) is 11.4. The molecule has 19 heavy (non-hydrogen) atoms. The van der Waals surface area contributed by atoms with E-state index >= 15 is 0 Å². The quantitative estimate of drug-likeness (QED) is 0.692. The molecule has 1 aromatic rings. The number of rotatable bonds is 8. The van der Waals surface area contributed by atoms with Crippen molar-refractivity contribution in [3.8, 4) is 0 Å². The molecule has 0 atom stereocenters. The zero-order chi connectivity index (χ0) is 14.3. The van der Waals surface area contributed by atoms with Crippen molar-refractivity contribution in [2.75, 3.05) is 18.2 Å². The Balaban J connectivity index is 2.67. The van der Waals surface area contributed by atoms with E-state index in [1.54, 1.807) is 12.4 Å². The lowest BCUT2D eigenvalue weighted by Gasteiger charge is -2.25. The molecule has 4 nitrogen and oxygen atoms in total. The van der Waals surface area contributed by atoms with Crippen LogP contribution in [-0.2, 0) is 16.4 Å². The first kappa shape index (κ1) is 16.4. The van der Waals surface area contributed by atoms with Crippen LogP contribution in [0.25, 0.3) is 0 Å². The summed E-state index contributed by atoms with van der Waals surface area (Å²) in [6.45, 7) is 4.26. The summed E-state index contributed by atoms with van der Waals surface area (Å²) < 4.78 is 26.2. The second kappa shape index (κ2) is 7.82. The van der Waals surface area contributed by atoms with Crippen LogP contribution >= 0.6 is 11.6 Å². The van der Waals surface area contributed by atoms with E-state index in [4.69, 9.17) is 11.6 Å². The second-order valence-corrected chi connectivity index (χ2v) is 7.09. The first-order valence-electron chi connectivity index (χ1n) is 6.41. The van der Waals surface area contributed by atoms with E-state index < -0.39 is 10.0 Å². The highest BCUT2D eigenvalue weighted by Gasteiger charge is 2.23. The monoisotopic (exact) mass is 304 g/mol. The summed E-state index contributed by atoms with van der Waals surface area (Å²) in [5.74, 6) is 0.598. The van der Waals surface area contributed by atoms with Gasteiger partial charge in [0.1, 0.15) is 0 Å². The summed E-state index contributed by atoms with van der Waals surface area (Å²) in [4.78, 5) is 3.92. The number of nitrogens with zero attached hydrogens (tertiary/aromatic N) is 2. The third kappa shape index (κ3) is 5.47. The Hall–Kier alpha value is -0.650. The van der Waals surface area contributed by atoms with E-state index in [0.717, 1.165) is 5.56 Å². The van der Waals surface area contributed by atoms with Crippen molar-refractivity contribution in [1.82, 2.24) is 9.29 Å². The molecule has 0 unspecified atom stereocenters. The van der Waals surface area contributed by atoms with Crippen molar-refractivity contribution in [2.45, 2.75) is 32.7 Å². The van der Waals surface area contributed by atoms with Gasteiger partial charge in [-0.2, -0.15) is 4.31 Å². The minimum absolute atomic E-state index is 0.0364. The van der Waals surface area contributed by atoms with Crippen LogP contribution in [0.3, 0.4) is 0 Å². The van der Waals surface area contributed by atoms with Gasteiger partial charge in [0.25, 0.3) is 0 Å². The van der Waals surface area contributed by atoms with Crippen molar-refractivity contribution in [2.24, 2.45) is 0 Å². The number of aryl methyl sites for hydroxylation is 1. The number of alkyl halides is 1. The van der Waals surface area contributed by atoms with Crippen molar-refractivity contribution in [1.29, 1.82) is 0 Å². The van der Waals surface area contributed by atoms with E-state index in [0.29, 0.717) is 25.3 Å². The van der Waals surface area contributed by atoms with Crippen LogP contribution in [0.4, 0.5) is 0 Å². The molecule has 0 bridgehead atoms. The topological polar surface area (TPSA) is 50.3 Å². The van der Waals surface area contributed by atoms with Crippen molar-refractivity contribution >= 4 is 21.6 Å². The van der Waals surface area contributed by atoms with Crippen LogP contribution in [0, 0.1) is 0 Å². The molecule has 0 N–H and O–H groups in total. The van der Waals surface area contributed by atoms with Gasteiger partial charge in [-0.1, -0.05) is 0 Å². The lowest BCUT2D eigenvalue weighted by atomic mass is 10.2. The minimum atomic E-state index is -3.24. The molecular formula is C13H21ClN2O2S. The Bertz CT molecular complexity index is 463. The molecule has 0 fully saturated rings. The molecule has 0 aromatic carbocycles. The van der Waals surface area contributed by atoms with Gasteiger partial charge in [-0.05, 0) is 44.4 Å². The maximum Gasteiger partial charge on any atom is 0.214 e. The van der Waals surface area contributed by atoms with Crippen molar-refractivity contribution < 1.29 is 8.42 Å². The molecule has 6 heteroatoms. The summed E-state index contributed by atoms with van der Waals surface area (Å²) in [5.41, 5.74) is 0.986. The molecule has 1 aromatic heterocycles. The molecule has 1 heterocycles. The molecule has 0 saturated carbocycles. The van der Waals surface area contributed by atoms with Gasteiger partial charge in [-0.3, -0.25) is 4.98 Å². The second-order valence-electron chi connectivity index (χ2n) is 4.67. The Morgan fingerprint density at radius 3 is 2.47 bits per heavy atom. The number of hydrogen-bond donors (Lipinski definition) is 0. The summed E-state index contributed by atoms with van der Waals surface area (Å²) in [6.07, 6.45) is 4.54. The highest BCUT2D eigenvalue weighted by Crippen LogP contribution is 2.11. The normalized spacial score (nSPS) is 12.3. The average Bonchev–Trinajstić information content (AvgIpc) is 2.37.